The second-order valence-electron chi connectivity index (χ2n) is 4.58. The molecule has 3 heteroatoms. The monoisotopic (exact) mass is 222 g/mol. The third-order valence-electron chi connectivity index (χ3n) is 3.12. The number of nitrogens with two attached hydrogens (primary N) is 1. The van der Waals surface area contributed by atoms with E-state index >= 15 is 0 Å². The first kappa shape index (κ1) is 11.4. The van der Waals surface area contributed by atoms with Gasteiger partial charge in [0.1, 0.15) is 5.82 Å². The molecule has 0 aliphatic heterocycles. The van der Waals surface area contributed by atoms with Crippen molar-refractivity contribution in [3.8, 4) is 0 Å². The number of halogens is 1. The molecule has 1 aromatic carbocycles. The maximum absolute atomic E-state index is 13.1. The molecular weight excluding hydrogens is 203 g/mol. The van der Waals surface area contributed by atoms with Gasteiger partial charge in [-0.2, -0.15) is 0 Å². The molecule has 0 bridgehead atoms. The minimum absolute atomic E-state index is 0.275. The van der Waals surface area contributed by atoms with E-state index in [2.05, 4.69) is 5.32 Å². The van der Waals surface area contributed by atoms with E-state index in [1.54, 1.807) is 6.07 Å². The average Bonchev–Trinajstić information content (AvgIpc) is 3.07. The third kappa shape index (κ3) is 3.20. The second kappa shape index (κ2) is 5.30. The Balaban J connectivity index is 1.69. The van der Waals surface area contributed by atoms with Gasteiger partial charge in [0.05, 0.1) is 5.69 Å². The summed E-state index contributed by atoms with van der Waals surface area (Å²) in [5, 5.41) is 3.31. The second-order valence-corrected chi connectivity index (χ2v) is 4.58. The van der Waals surface area contributed by atoms with E-state index in [9.17, 15) is 4.39 Å². The van der Waals surface area contributed by atoms with Crippen molar-refractivity contribution < 1.29 is 4.39 Å². The molecule has 88 valence electrons. The molecule has 1 saturated carbocycles. The number of anilines is 1. The van der Waals surface area contributed by atoms with Crippen LogP contribution in [-0.2, 0) is 6.54 Å². The summed E-state index contributed by atoms with van der Waals surface area (Å²) in [6.07, 6.45) is 5.36. The normalized spacial score (nSPS) is 15.3. The van der Waals surface area contributed by atoms with E-state index in [0.717, 1.165) is 18.0 Å². The lowest BCUT2D eigenvalue weighted by Crippen LogP contribution is -2.16. The third-order valence-corrected chi connectivity index (χ3v) is 3.12. The van der Waals surface area contributed by atoms with Crippen LogP contribution in [0.2, 0.25) is 0 Å². The molecule has 0 unspecified atom stereocenters. The van der Waals surface area contributed by atoms with Crippen molar-refractivity contribution >= 4 is 5.69 Å². The van der Waals surface area contributed by atoms with Gasteiger partial charge < -0.3 is 11.1 Å². The maximum atomic E-state index is 13.1. The Morgan fingerprint density at radius 3 is 2.94 bits per heavy atom. The number of rotatable bonds is 6. The Labute approximate surface area is 96.0 Å². The first-order valence-electron chi connectivity index (χ1n) is 6.01. The highest BCUT2D eigenvalue weighted by atomic mass is 19.1. The van der Waals surface area contributed by atoms with Crippen molar-refractivity contribution in [3.63, 3.8) is 0 Å². The van der Waals surface area contributed by atoms with Crippen molar-refractivity contribution in [1.82, 2.24) is 5.32 Å². The Morgan fingerprint density at radius 2 is 2.19 bits per heavy atom. The molecular formula is C13H19FN2. The molecule has 1 fully saturated rings. The molecule has 1 aliphatic rings. The van der Waals surface area contributed by atoms with E-state index < -0.39 is 0 Å². The first-order chi connectivity index (χ1) is 7.77. The fourth-order valence-electron chi connectivity index (χ4n) is 1.88. The van der Waals surface area contributed by atoms with E-state index in [1.165, 1.54) is 31.7 Å². The minimum Gasteiger partial charge on any atom is -0.396 e. The van der Waals surface area contributed by atoms with Crippen molar-refractivity contribution in [2.45, 2.75) is 32.2 Å². The minimum atomic E-state index is -0.322. The van der Waals surface area contributed by atoms with Crippen LogP contribution < -0.4 is 11.1 Å². The molecule has 0 saturated heterocycles. The number of hydrogen-bond donors (Lipinski definition) is 2. The highest BCUT2D eigenvalue weighted by molar-refractivity contribution is 5.47. The van der Waals surface area contributed by atoms with Gasteiger partial charge in [0.15, 0.2) is 0 Å². The molecule has 16 heavy (non-hydrogen) atoms. The summed E-state index contributed by atoms with van der Waals surface area (Å²) >= 11 is 0. The number of nitrogen functional groups attached to an aromatic ring is 1. The summed E-state index contributed by atoms with van der Waals surface area (Å²) in [6, 6.07) is 4.96. The van der Waals surface area contributed by atoms with Crippen molar-refractivity contribution in [2.24, 2.45) is 5.92 Å². The summed E-state index contributed by atoms with van der Waals surface area (Å²) in [5.41, 5.74) is 6.77. The zero-order valence-electron chi connectivity index (χ0n) is 9.51. The number of hydrogen-bond acceptors (Lipinski definition) is 2. The molecule has 0 atom stereocenters. The molecule has 0 heterocycles. The van der Waals surface area contributed by atoms with Crippen molar-refractivity contribution in [2.75, 3.05) is 12.3 Å². The Kier molecular flexibility index (Phi) is 3.78. The summed E-state index contributed by atoms with van der Waals surface area (Å²) in [4.78, 5) is 0. The van der Waals surface area contributed by atoms with Crippen LogP contribution in [0.5, 0.6) is 0 Å². The maximum Gasteiger partial charge on any atom is 0.146 e. The van der Waals surface area contributed by atoms with Crippen LogP contribution in [0.4, 0.5) is 10.1 Å². The number of nitrogens with one attached hydrogen (secondary N) is 1. The fourth-order valence-corrected chi connectivity index (χ4v) is 1.88. The van der Waals surface area contributed by atoms with Gasteiger partial charge in [-0.1, -0.05) is 25.0 Å². The Hall–Kier alpha value is -1.09. The highest BCUT2D eigenvalue weighted by Gasteiger charge is 2.19. The van der Waals surface area contributed by atoms with E-state index in [4.69, 9.17) is 5.73 Å². The lowest BCUT2D eigenvalue weighted by atomic mass is 10.1. The SMILES string of the molecule is Nc1c(F)cccc1CNCCCC1CC1. The Morgan fingerprint density at radius 1 is 1.38 bits per heavy atom. The van der Waals surface area contributed by atoms with Gasteiger partial charge in [-0.05, 0) is 36.9 Å². The summed E-state index contributed by atoms with van der Waals surface area (Å²) in [5.74, 6) is 0.665. The predicted octanol–water partition coefficient (Wildman–Crippen LogP) is 2.69. The van der Waals surface area contributed by atoms with Crippen LogP contribution in [0.3, 0.4) is 0 Å². The lowest BCUT2D eigenvalue weighted by molar-refractivity contribution is 0.590. The van der Waals surface area contributed by atoms with E-state index in [1.807, 2.05) is 6.07 Å². The Bertz CT molecular complexity index is 348. The molecule has 1 aliphatic carbocycles. The van der Waals surface area contributed by atoms with Gasteiger partial charge in [0.2, 0.25) is 0 Å². The first-order valence-corrected chi connectivity index (χ1v) is 6.01. The standard InChI is InChI=1S/C13H19FN2/c14-12-5-1-4-11(13(12)15)9-16-8-2-3-10-6-7-10/h1,4-5,10,16H,2-3,6-9,15H2. The molecule has 0 spiro atoms. The van der Waals surface area contributed by atoms with Crippen LogP contribution >= 0.6 is 0 Å². The quantitative estimate of drug-likeness (QED) is 0.573. The molecule has 0 radical (unpaired) electrons. The van der Waals surface area contributed by atoms with Crippen LogP contribution in [0.15, 0.2) is 18.2 Å². The van der Waals surface area contributed by atoms with Gasteiger partial charge in [-0.15, -0.1) is 0 Å². The highest BCUT2D eigenvalue weighted by Crippen LogP contribution is 2.33. The van der Waals surface area contributed by atoms with Crippen molar-refractivity contribution in [3.05, 3.63) is 29.6 Å². The zero-order valence-corrected chi connectivity index (χ0v) is 9.51. The van der Waals surface area contributed by atoms with Gasteiger partial charge in [0, 0.05) is 6.54 Å². The molecule has 0 amide bonds. The van der Waals surface area contributed by atoms with Gasteiger partial charge in [-0.25, -0.2) is 4.39 Å². The predicted molar refractivity (Wildman–Crippen MR) is 64.5 cm³/mol. The van der Waals surface area contributed by atoms with E-state index in [0.29, 0.717) is 6.54 Å². The average molecular weight is 222 g/mol. The zero-order chi connectivity index (χ0) is 11.4. The summed E-state index contributed by atoms with van der Waals surface area (Å²) < 4.78 is 13.1. The van der Waals surface area contributed by atoms with Crippen molar-refractivity contribution in [1.29, 1.82) is 0 Å². The van der Waals surface area contributed by atoms with Gasteiger partial charge in [0.25, 0.3) is 0 Å². The molecule has 2 rings (SSSR count). The van der Waals surface area contributed by atoms with Crippen LogP contribution in [0, 0.1) is 11.7 Å². The van der Waals surface area contributed by atoms with Crippen LogP contribution in [0.1, 0.15) is 31.2 Å². The van der Waals surface area contributed by atoms with E-state index in [-0.39, 0.29) is 11.5 Å². The topological polar surface area (TPSA) is 38.0 Å². The summed E-state index contributed by atoms with van der Waals surface area (Å²) in [7, 11) is 0. The van der Waals surface area contributed by atoms with Crippen LogP contribution in [-0.4, -0.2) is 6.54 Å². The lowest BCUT2D eigenvalue weighted by Gasteiger charge is -2.07. The number of benzene rings is 1. The molecule has 2 nitrogen and oxygen atoms in total. The fraction of sp³-hybridized carbons (Fsp3) is 0.538. The largest absolute Gasteiger partial charge is 0.396 e. The smallest absolute Gasteiger partial charge is 0.146 e. The summed E-state index contributed by atoms with van der Waals surface area (Å²) in [6.45, 7) is 1.65. The molecule has 0 aromatic heterocycles. The van der Waals surface area contributed by atoms with Gasteiger partial charge in [-0.3, -0.25) is 0 Å². The molecule has 1 aromatic rings. The molecule has 3 N–H and O–H groups in total. The van der Waals surface area contributed by atoms with Gasteiger partial charge >= 0.3 is 0 Å². The number of para-hydroxylation sites is 1. The van der Waals surface area contributed by atoms with Crippen LogP contribution in [0.25, 0.3) is 0 Å².